The summed E-state index contributed by atoms with van der Waals surface area (Å²) >= 11 is 0. The smallest absolute Gasteiger partial charge is 0.254 e. The molecule has 0 unspecified atom stereocenters. The Bertz CT molecular complexity index is 1120. The highest BCUT2D eigenvalue weighted by molar-refractivity contribution is 5.94. The molecule has 1 aliphatic heterocycles. The highest BCUT2D eigenvalue weighted by Crippen LogP contribution is 2.31. The molecular formula is C27H33N3O4. The molecule has 0 aliphatic carbocycles. The first-order chi connectivity index (χ1) is 16.5. The molecule has 0 radical (unpaired) electrons. The third-order valence-corrected chi connectivity index (χ3v) is 6.41. The van der Waals surface area contributed by atoms with E-state index in [-0.39, 0.29) is 5.91 Å². The molecule has 2 heterocycles. The summed E-state index contributed by atoms with van der Waals surface area (Å²) in [6.45, 7) is 6.74. The minimum absolute atomic E-state index is 0.0657. The SMILES string of the molecule is COc1cc(C(=O)N(C)Cc2ccccc2N2CCCCC2)ccc1OCc1c(C)noc1C. The fourth-order valence-corrected chi connectivity index (χ4v) is 4.41. The maximum absolute atomic E-state index is 13.2. The number of benzene rings is 2. The fourth-order valence-electron chi connectivity index (χ4n) is 4.41. The first-order valence-electron chi connectivity index (χ1n) is 11.8. The van der Waals surface area contributed by atoms with E-state index in [1.165, 1.54) is 24.9 Å². The van der Waals surface area contributed by atoms with Crippen LogP contribution in [0, 0.1) is 13.8 Å². The van der Waals surface area contributed by atoms with Gasteiger partial charge in [-0.3, -0.25) is 4.79 Å². The first kappa shape index (κ1) is 23.7. The lowest BCUT2D eigenvalue weighted by atomic mass is 10.1. The summed E-state index contributed by atoms with van der Waals surface area (Å²) < 4.78 is 16.7. The van der Waals surface area contributed by atoms with Crippen molar-refractivity contribution in [2.75, 3.05) is 32.1 Å². The molecule has 7 nitrogen and oxygen atoms in total. The second-order valence-corrected chi connectivity index (χ2v) is 8.79. The van der Waals surface area contributed by atoms with Gasteiger partial charge in [0.05, 0.1) is 18.4 Å². The van der Waals surface area contributed by atoms with Crippen LogP contribution in [-0.4, -0.2) is 43.2 Å². The molecule has 34 heavy (non-hydrogen) atoms. The number of carbonyl (C=O) groups is 1. The van der Waals surface area contributed by atoms with Gasteiger partial charge in [0.15, 0.2) is 11.5 Å². The second kappa shape index (κ2) is 10.6. The minimum atomic E-state index is -0.0657. The van der Waals surface area contributed by atoms with E-state index in [1.54, 1.807) is 30.2 Å². The number of ether oxygens (including phenoxy) is 2. The predicted molar refractivity (Wildman–Crippen MR) is 132 cm³/mol. The van der Waals surface area contributed by atoms with Gasteiger partial charge in [0.2, 0.25) is 0 Å². The van der Waals surface area contributed by atoms with E-state index in [2.05, 4.69) is 28.3 Å². The predicted octanol–water partition coefficient (Wildman–Crippen LogP) is 5.14. The Morgan fingerprint density at radius 2 is 1.85 bits per heavy atom. The summed E-state index contributed by atoms with van der Waals surface area (Å²) in [5.41, 5.74) is 4.65. The van der Waals surface area contributed by atoms with Crippen LogP contribution >= 0.6 is 0 Å². The van der Waals surface area contributed by atoms with E-state index < -0.39 is 0 Å². The van der Waals surface area contributed by atoms with E-state index >= 15 is 0 Å². The molecule has 0 saturated carbocycles. The van der Waals surface area contributed by atoms with E-state index in [4.69, 9.17) is 14.0 Å². The molecule has 1 amide bonds. The zero-order valence-electron chi connectivity index (χ0n) is 20.5. The molecule has 3 aromatic rings. The molecule has 0 bridgehead atoms. The van der Waals surface area contributed by atoms with Crippen LogP contribution in [-0.2, 0) is 13.2 Å². The van der Waals surface area contributed by atoms with Gasteiger partial charge in [-0.05, 0) is 62.9 Å². The normalized spacial score (nSPS) is 13.6. The number of amides is 1. The summed E-state index contributed by atoms with van der Waals surface area (Å²) in [5.74, 6) is 1.75. The Morgan fingerprint density at radius 1 is 1.09 bits per heavy atom. The van der Waals surface area contributed by atoms with Crippen LogP contribution in [0.15, 0.2) is 47.0 Å². The van der Waals surface area contributed by atoms with Crippen LogP contribution in [0.25, 0.3) is 0 Å². The molecule has 4 rings (SSSR count). The van der Waals surface area contributed by atoms with E-state index in [1.807, 2.05) is 27.0 Å². The Balaban J connectivity index is 1.46. The number of para-hydroxylation sites is 1. The molecule has 1 aromatic heterocycles. The maximum Gasteiger partial charge on any atom is 0.254 e. The Kier molecular flexibility index (Phi) is 7.40. The van der Waals surface area contributed by atoms with Gasteiger partial charge in [-0.2, -0.15) is 0 Å². The summed E-state index contributed by atoms with van der Waals surface area (Å²) in [6.07, 6.45) is 3.72. The standard InChI is InChI=1S/C27H33N3O4/c1-19-23(20(2)34-28-19)18-33-25-13-12-21(16-26(25)32-4)27(31)29(3)17-22-10-6-7-11-24(22)30-14-8-5-9-15-30/h6-7,10-13,16H,5,8-9,14-15,17-18H2,1-4H3. The average Bonchev–Trinajstić information content (AvgIpc) is 3.19. The molecule has 1 saturated heterocycles. The fraction of sp³-hybridized carbons (Fsp3) is 0.407. The van der Waals surface area contributed by atoms with Gasteiger partial charge in [0.1, 0.15) is 12.4 Å². The molecule has 0 atom stereocenters. The second-order valence-electron chi connectivity index (χ2n) is 8.79. The molecule has 0 spiro atoms. The van der Waals surface area contributed by atoms with Crippen LogP contribution in [0.5, 0.6) is 11.5 Å². The Morgan fingerprint density at radius 3 is 2.56 bits per heavy atom. The van der Waals surface area contributed by atoms with Gasteiger partial charge in [-0.15, -0.1) is 0 Å². The van der Waals surface area contributed by atoms with Crippen LogP contribution in [0.4, 0.5) is 5.69 Å². The van der Waals surface area contributed by atoms with Gasteiger partial charge in [0, 0.05) is 37.9 Å². The number of hydrogen-bond acceptors (Lipinski definition) is 6. The van der Waals surface area contributed by atoms with E-state index in [0.717, 1.165) is 35.7 Å². The summed E-state index contributed by atoms with van der Waals surface area (Å²) in [4.78, 5) is 17.4. The van der Waals surface area contributed by atoms with Crippen molar-refractivity contribution in [2.24, 2.45) is 0 Å². The maximum atomic E-state index is 13.2. The topological polar surface area (TPSA) is 68.0 Å². The molecule has 180 valence electrons. The van der Waals surface area contributed by atoms with Crippen LogP contribution in [0.3, 0.4) is 0 Å². The molecule has 1 fully saturated rings. The number of piperidine rings is 1. The third-order valence-electron chi connectivity index (χ3n) is 6.41. The number of hydrogen-bond donors (Lipinski definition) is 0. The molecule has 0 N–H and O–H groups in total. The van der Waals surface area contributed by atoms with Gasteiger partial charge in [0.25, 0.3) is 5.91 Å². The van der Waals surface area contributed by atoms with Crippen molar-refractivity contribution in [3.63, 3.8) is 0 Å². The van der Waals surface area contributed by atoms with Crippen LogP contribution in [0.1, 0.15) is 52.2 Å². The highest BCUT2D eigenvalue weighted by atomic mass is 16.5. The Labute approximate surface area is 201 Å². The van der Waals surface area contributed by atoms with Gasteiger partial charge >= 0.3 is 0 Å². The van der Waals surface area contributed by atoms with Crippen molar-refractivity contribution in [1.29, 1.82) is 0 Å². The highest BCUT2D eigenvalue weighted by Gasteiger charge is 2.19. The Hall–Kier alpha value is -3.48. The van der Waals surface area contributed by atoms with Gasteiger partial charge < -0.3 is 23.8 Å². The number of aromatic nitrogens is 1. The van der Waals surface area contributed by atoms with Gasteiger partial charge in [-0.25, -0.2) is 0 Å². The van der Waals surface area contributed by atoms with Crippen LogP contribution < -0.4 is 14.4 Å². The molecule has 1 aliphatic rings. The zero-order valence-corrected chi connectivity index (χ0v) is 20.5. The summed E-state index contributed by atoms with van der Waals surface area (Å²) in [5, 5.41) is 3.96. The monoisotopic (exact) mass is 463 g/mol. The van der Waals surface area contributed by atoms with E-state index in [0.29, 0.717) is 30.2 Å². The number of anilines is 1. The van der Waals surface area contributed by atoms with Crippen molar-refractivity contribution in [3.05, 3.63) is 70.6 Å². The lowest BCUT2D eigenvalue weighted by Gasteiger charge is -2.31. The molecule has 7 heteroatoms. The van der Waals surface area contributed by atoms with Crippen LogP contribution in [0.2, 0.25) is 0 Å². The molecule has 2 aromatic carbocycles. The number of aryl methyl sites for hydroxylation is 2. The van der Waals surface area contributed by atoms with E-state index in [9.17, 15) is 4.79 Å². The number of carbonyl (C=O) groups excluding carboxylic acids is 1. The van der Waals surface area contributed by atoms with Crippen molar-refractivity contribution in [3.8, 4) is 11.5 Å². The number of methoxy groups -OCH3 is 1. The molecular weight excluding hydrogens is 430 g/mol. The van der Waals surface area contributed by atoms with Crippen molar-refractivity contribution in [2.45, 2.75) is 46.3 Å². The average molecular weight is 464 g/mol. The number of nitrogens with zero attached hydrogens (tertiary/aromatic N) is 3. The minimum Gasteiger partial charge on any atom is -0.493 e. The summed E-state index contributed by atoms with van der Waals surface area (Å²) in [6, 6.07) is 13.7. The van der Waals surface area contributed by atoms with Crippen molar-refractivity contribution in [1.82, 2.24) is 10.1 Å². The summed E-state index contributed by atoms with van der Waals surface area (Å²) in [7, 11) is 3.41. The first-order valence-corrected chi connectivity index (χ1v) is 11.8. The van der Waals surface area contributed by atoms with Gasteiger partial charge in [-0.1, -0.05) is 23.4 Å². The van der Waals surface area contributed by atoms with Crippen molar-refractivity contribution < 1.29 is 18.8 Å². The quantitative estimate of drug-likeness (QED) is 0.461. The lowest BCUT2D eigenvalue weighted by molar-refractivity contribution is 0.0785. The lowest BCUT2D eigenvalue weighted by Crippen LogP contribution is -2.32. The number of rotatable bonds is 8. The third kappa shape index (κ3) is 5.19. The largest absolute Gasteiger partial charge is 0.493 e. The van der Waals surface area contributed by atoms with Crippen molar-refractivity contribution >= 4 is 11.6 Å². The zero-order chi connectivity index (χ0) is 24.1.